The SMILES string of the molecule is O=C1C=C(c2ccc(F)c(F)c2F)CC1. The molecule has 0 bridgehead atoms. The molecule has 1 aliphatic rings. The van der Waals surface area contributed by atoms with Crippen molar-refractivity contribution in [2.75, 3.05) is 0 Å². The Kier molecular flexibility index (Phi) is 2.34. The van der Waals surface area contributed by atoms with Crippen molar-refractivity contribution in [1.29, 1.82) is 0 Å². The van der Waals surface area contributed by atoms with Gasteiger partial charge in [-0.2, -0.15) is 0 Å². The Morgan fingerprint density at radius 1 is 1.00 bits per heavy atom. The third-order valence-corrected chi connectivity index (χ3v) is 2.36. The van der Waals surface area contributed by atoms with E-state index in [-0.39, 0.29) is 11.3 Å². The van der Waals surface area contributed by atoms with Gasteiger partial charge in [0.05, 0.1) is 0 Å². The van der Waals surface area contributed by atoms with Crippen molar-refractivity contribution in [3.8, 4) is 0 Å². The maximum Gasteiger partial charge on any atom is 0.195 e. The van der Waals surface area contributed by atoms with E-state index in [1.165, 1.54) is 6.08 Å². The van der Waals surface area contributed by atoms with Crippen LogP contribution in [0.2, 0.25) is 0 Å². The summed E-state index contributed by atoms with van der Waals surface area (Å²) in [7, 11) is 0. The van der Waals surface area contributed by atoms with Gasteiger partial charge in [0.25, 0.3) is 0 Å². The Labute approximate surface area is 84.2 Å². The highest BCUT2D eigenvalue weighted by molar-refractivity contribution is 6.01. The van der Waals surface area contributed by atoms with Crippen LogP contribution < -0.4 is 0 Å². The normalized spacial score (nSPS) is 15.7. The van der Waals surface area contributed by atoms with Gasteiger partial charge in [0, 0.05) is 12.0 Å². The smallest absolute Gasteiger partial charge is 0.195 e. The fourth-order valence-corrected chi connectivity index (χ4v) is 1.58. The van der Waals surface area contributed by atoms with Gasteiger partial charge in [-0.1, -0.05) is 0 Å². The number of benzene rings is 1. The first-order valence-corrected chi connectivity index (χ1v) is 4.47. The van der Waals surface area contributed by atoms with Crippen LogP contribution in [-0.2, 0) is 4.79 Å². The zero-order chi connectivity index (χ0) is 11.0. The Morgan fingerprint density at radius 3 is 2.33 bits per heavy atom. The maximum atomic E-state index is 13.3. The summed E-state index contributed by atoms with van der Waals surface area (Å²) in [5.74, 6) is -4.06. The number of hydrogen-bond donors (Lipinski definition) is 0. The molecule has 0 aromatic heterocycles. The molecule has 0 radical (unpaired) electrons. The van der Waals surface area contributed by atoms with E-state index in [1.54, 1.807) is 0 Å². The highest BCUT2D eigenvalue weighted by Gasteiger charge is 2.20. The molecule has 1 nitrogen and oxygen atoms in total. The van der Waals surface area contributed by atoms with E-state index >= 15 is 0 Å². The highest BCUT2D eigenvalue weighted by atomic mass is 19.2. The molecule has 0 atom stereocenters. The van der Waals surface area contributed by atoms with Crippen LogP contribution in [0.3, 0.4) is 0 Å². The zero-order valence-corrected chi connectivity index (χ0v) is 7.69. The van der Waals surface area contributed by atoms with E-state index in [9.17, 15) is 18.0 Å². The number of carbonyl (C=O) groups is 1. The lowest BCUT2D eigenvalue weighted by molar-refractivity contribution is -0.114. The molecule has 4 heteroatoms. The number of allylic oxidation sites excluding steroid dienone is 2. The van der Waals surface area contributed by atoms with Gasteiger partial charge in [-0.25, -0.2) is 13.2 Å². The maximum absolute atomic E-state index is 13.3. The summed E-state index contributed by atoms with van der Waals surface area (Å²) in [5.41, 5.74) is 0.399. The number of ketones is 1. The number of rotatable bonds is 1. The third kappa shape index (κ3) is 1.67. The predicted octanol–water partition coefficient (Wildman–Crippen LogP) is 2.85. The van der Waals surface area contributed by atoms with Crippen LogP contribution in [0, 0.1) is 17.5 Å². The van der Waals surface area contributed by atoms with Crippen LogP contribution in [-0.4, -0.2) is 5.78 Å². The van der Waals surface area contributed by atoms with Crippen molar-refractivity contribution in [3.63, 3.8) is 0 Å². The molecule has 0 unspecified atom stereocenters. The summed E-state index contributed by atoms with van der Waals surface area (Å²) in [6.45, 7) is 0. The zero-order valence-electron chi connectivity index (χ0n) is 7.69. The molecule has 0 N–H and O–H groups in total. The van der Waals surface area contributed by atoms with Gasteiger partial charge in [0.15, 0.2) is 23.2 Å². The second kappa shape index (κ2) is 3.53. The van der Waals surface area contributed by atoms with E-state index in [2.05, 4.69) is 0 Å². The lowest BCUT2D eigenvalue weighted by Gasteiger charge is -2.04. The second-order valence-electron chi connectivity index (χ2n) is 3.36. The Balaban J connectivity index is 2.50. The Bertz CT molecular complexity index is 463. The topological polar surface area (TPSA) is 17.1 Å². The first-order valence-electron chi connectivity index (χ1n) is 4.47. The summed E-state index contributed by atoms with van der Waals surface area (Å²) in [6.07, 6.45) is 1.95. The van der Waals surface area contributed by atoms with E-state index in [0.717, 1.165) is 12.1 Å². The van der Waals surface area contributed by atoms with Crippen molar-refractivity contribution in [2.24, 2.45) is 0 Å². The predicted molar refractivity (Wildman–Crippen MR) is 48.5 cm³/mol. The molecule has 1 aliphatic carbocycles. The van der Waals surface area contributed by atoms with E-state index in [4.69, 9.17) is 0 Å². The quantitative estimate of drug-likeness (QED) is 0.654. The second-order valence-corrected chi connectivity index (χ2v) is 3.36. The number of carbonyl (C=O) groups excluding carboxylic acids is 1. The fraction of sp³-hybridized carbons (Fsp3) is 0.182. The number of hydrogen-bond acceptors (Lipinski definition) is 1. The molecule has 15 heavy (non-hydrogen) atoms. The van der Waals surface area contributed by atoms with Crippen molar-refractivity contribution in [1.82, 2.24) is 0 Å². The van der Waals surface area contributed by atoms with E-state index in [0.29, 0.717) is 18.4 Å². The van der Waals surface area contributed by atoms with Gasteiger partial charge in [-0.05, 0) is 30.2 Å². The summed E-state index contributed by atoms with van der Waals surface area (Å²) < 4.78 is 38.8. The van der Waals surface area contributed by atoms with Gasteiger partial charge >= 0.3 is 0 Å². The molecular weight excluding hydrogens is 205 g/mol. The lowest BCUT2D eigenvalue weighted by Crippen LogP contribution is -1.96. The van der Waals surface area contributed by atoms with Crippen molar-refractivity contribution in [2.45, 2.75) is 12.8 Å². The largest absolute Gasteiger partial charge is 0.295 e. The van der Waals surface area contributed by atoms with Crippen LogP contribution in [0.25, 0.3) is 5.57 Å². The van der Waals surface area contributed by atoms with Crippen molar-refractivity contribution >= 4 is 11.4 Å². The summed E-state index contributed by atoms with van der Waals surface area (Å²) in [4.78, 5) is 10.9. The average Bonchev–Trinajstić information content (AvgIpc) is 2.61. The third-order valence-electron chi connectivity index (χ3n) is 2.36. The summed E-state index contributed by atoms with van der Waals surface area (Å²) in [5, 5.41) is 0. The molecule has 0 amide bonds. The lowest BCUT2D eigenvalue weighted by atomic mass is 10.0. The van der Waals surface area contributed by atoms with Gasteiger partial charge in [0.1, 0.15) is 0 Å². The van der Waals surface area contributed by atoms with Gasteiger partial charge in [-0.15, -0.1) is 0 Å². The highest BCUT2D eigenvalue weighted by Crippen LogP contribution is 2.29. The molecule has 1 aromatic carbocycles. The monoisotopic (exact) mass is 212 g/mol. The minimum absolute atomic E-state index is 0.0280. The molecule has 0 spiro atoms. The molecule has 2 rings (SSSR count). The molecule has 0 heterocycles. The van der Waals surface area contributed by atoms with Gasteiger partial charge in [-0.3, -0.25) is 4.79 Å². The number of halogens is 3. The molecule has 1 aromatic rings. The van der Waals surface area contributed by atoms with Crippen LogP contribution in [0.15, 0.2) is 18.2 Å². The van der Waals surface area contributed by atoms with Crippen LogP contribution in [0.5, 0.6) is 0 Å². The summed E-state index contributed by atoms with van der Waals surface area (Å²) in [6, 6.07) is 2.01. The van der Waals surface area contributed by atoms with E-state index < -0.39 is 17.5 Å². The van der Waals surface area contributed by atoms with Gasteiger partial charge < -0.3 is 0 Å². The van der Waals surface area contributed by atoms with Crippen molar-refractivity contribution in [3.05, 3.63) is 41.2 Å². The van der Waals surface area contributed by atoms with Gasteiger partial charge in [0.2, 0.25) is 0 Å². The molecule has 0 aliphatic heterocycles. The molecule has 0 saturated carbocycles. The molecule has 0 fully saturated rings. The summed E-state index contributed by atoms with van der Waals surface area (Å²) >= 11 is 0. The first kappa shape index (κ1) is 9.96. The molecular formula is C11H7F3O. The molecule has 78 valence electrons. The molecule has 0 saturated heterocycles. The Hall–Kier alpha value is -1.58. The average molecular weight is 212 g/mol. The Morgan fingerprint density at radius 2 is 1.73 bits per heavy atom. The standard InChI is InChI=1S/C11H7F3O/c12-9-4-3-8(10(13)11(9)14)6-1-2-7(15)5-6/h3-5H,1-2H2. The van der Waals surface area contributed by atoms with Crippen molar-refractivity contribution < 1.29 is 18.0 Å². The van der Waals surface area contributed by atoms with E-state index in [1.807, 2.05) is 0 Å². The minimum Gasteiger partial charge on any atom is -0.295 e. The minimum atomic E-state index is -1.49. The fourth-order valence-electron chi connectivity index (χ4n) is 1.58. The van der Waals surface area contributed by atoms with Crippen LogP contribution in [0.1, 0.15) is 18.4 Å². The first-order chi connectivity index (χ1) is 7.09. The van der Waals surface area contributed by atoms with Crippen LogP contribution >= 0.6 is 0 Å². The van der Waals surface area contributed by atoms with Crippen LogP contribution in [0.4, 0.5) is 13.2 Å².